The fraction of sp³-hybridized carbons (Fsp3) is 0.367. The van der Waals surface area contributed by atoms with E-state index >= 15 is 4.39 Å². The number of aromatic nitrogens is 3. The molecule has 0 aliphatic carbocycles. The quantitative estimate of drug-likeness (QED) is 0.276. The van der Waals surface area contributed by atoms with Crippen molar-refractivity contribution in [3.8, 4) is 11.3 Å². The number of rotatable bonds is 10. The largest absolute Gasteiger partial charge is 0.383 e. The Bertz CT molecular complexity index is 1760. The van der Waals surface area contributed by atoms with Crippen LogP contribution < -0.4 is 5.32 Å². The van der Waals surface area contributed by atoms with Crippen LogP contribution >= 0.6 is 0 Å². The molecule has 43 heavy (non-hydrogen) atoms. The Kier molecular flexibility index (Phi) is 8.88. The average molecular weight is 613 g/mol. The van der Waals surface area contributed by atoms with Gasteiger partial charge >= 0.3 is 0 Å². The molecule has 2 aromatic heterocycles. The van der Waals surface area contributed by atoms with Gasteiger partial charge < -0.3 is 19.9 Å². The number of methoxy groups -OCH3 is 1. The predicted molar refractivity (Wildman–Crippen MR) is 160 cm³/mol. The van der Waals surface area contributed by atoms with Crippen molar-refractivity contribution in [1.29, 1.82) is 0 Å². The second kappa shape index (κ2) is 12.4. The molecular weight excluding hydrogens is 578 g/mol. The Morgan fingerprint density at radius 1 is 1.21 bits per heavy atom. The Morgan fingerprint density at radius 3 is 2.70 bits per heavy atom. The lowest BCUT2D eigenvalue weighted by molar-refractivity contribution is -0.127. The number of ether oxygens (including phenoxy) is 1. The second-order valence-electron chi connectivity index (χ2n) is 10.9. The molecule has 0 spiro atoms. The van der Waals surface area contributed by atoms with Gasteiger partial charge in [0.1, 0.15) is 10.6 Å². The van der Waals surface area contributed by atoms with Crippen molar-refractivity contribution in [2.45, 2.75) is 30.3 Å². The van der Waals surface area contributed by atoms with E-state index in [1.165, 1.54) is 12.1 Å². The molecule has 5 rings (SSSR count). The van der Waals surface area contributed by atoms with Crippen molar-refractivity contribution in [3.05, 3.63) is 66.0 Å². The number of H-pyrrole nitrogens is 1. The Labute approximate surface area is 249 Å². The summed E-state index contributed by atoms with van der Waals surface area (Å²) in [5.74, 6) is -1.79. The summed E-state index contributed by atoms with van der Waals surface area (Å²) >= 11 is 0. The van der Waals surface area contributed by atoms with Crippen molar-refractivity contribution in [3.63, 3.8) is 0 Å². The maximum atomic E-state index is 15.1. The van der Waals surface area contributed by atoms with E-state index in [1.807, 2.05) is 6.07 Å². The number of piperazine rings is 1. The third kappa shape index (κ3) is 6.44. The van der Waals surface area contributed by atoms with E-state index < -0.39 is 32.4 Å². The average Bonchev–Trinajstić information content (AvgIpc) is 3.38. The molecule has 1 saturated heterocycles. The number of ketones is 1. The molecule has 3 heterocycles. The molecule has 10 nitrogen and oxygen atoms in total. The van der Waals surface area contributed by atoms with Gasteiger partial charge in [-0.05, 0) is 31.7 Å². The number of likely N-dealkylation sites (N-methyl/N-ethyl adjacent to an activating group) is 1. The standard InChI is InChI=1S/C30H34F2N6O4S/c1-18-16-37(2)11-12-38(18)24(17-42-3)25(39)13-19-7-5-8-20-21(14-33-28(19)20)29-22(31)15-34-30(36-29)35-23-9-6-10-26(27(23)32)43(4,40)41/h5-10,14-15,18,24,33H,11-13,16-17H2,1-4H3,(H,34,35,36)/t18-,24-/m1/s1. The molecule has 0 amide bonds. The van der Waals surface area contributed by atoms with Crippen LogP contribution in [0.25, 0.3) is 22.2 Å². The summed E-state index contributed by atoms with van der Waals surface area (Å²) in [6.07, 6.45) is 3.63. The Morgan fingerprint density at radius 2 is 1.98 bits per heavy atom. The van der Waals surface area contributed by atoms with Gasteiger partial charge in [0.05, 0.1) is 24.5 Å². The number of para-hydroxylation sites is 1. The van der Waals surface area contributed by atoms with Crippen LogP contribution in [0.5, 0.6) is 0 Å². The van der Waals surface area contributed by atoms with Crippen LogP contribution in [0.15, 0.2) is 53.7 Å². The highest BCUT2D eigenvalue weighted by molar-refractivity contribution is 7.90. The molecule has 0 unspecified atom stereocenters. The predicted octanol–water partition coefficient (Wildman–Crippen LogP) is 3.81. The number of fused-ring (bicyclic) bond motifs is 1. The third-order valence-electron chi connectivity index (χ3n) is 7.75. The first-order valence-corrected chi connectivity index (χ1v) is 15.7. The summed E-state index contributed by atoms with van der Waals surface area (Å²) in [5, 5.41) is 3.31. The van der Waals surface area contributed by atoms with E-state index in [4.69, 9.17) is 4.74 Å². The van der Waals surface area contributed by atoms with Gasteiger partial charge in [0.15, 0.2) is 27.3 Å². The highest BCUT2D eigenvalue weighted by Crippen LogP contribution is 2.32. The number of nitrogens with zero attached hydrogens (tertiary/aromatic N) is 4. The van der Waals surface area contributed by atoms with Crippen LogP contribution in [0.3, 0.4) is 0 Å². The fourth-order valence-electron chi connectivity index (χ4n) is 5.64. The molecule has 0 bridgehead atoms. The Balaban J connectivity index is 1.44. The summed E-state index contributed by atoms with van der Waals surface area (Å²) < 4.78 is 59.3. The number of sulfone groups is 1. The minimum atomic E-state index is -3.81. The lowest BCUT2D eigenvalue weighted by Gasteiger charge is -2.42. The SMILES string of the molecule is COC[C@H](C(=O)Cc1cccc2c(-c3nc(Nc4cccc(S(C)(=O)=O)c4F)ncc3F)c[nH]c12)N1CCN(C)C[C@H]1C. The molecule has 1 fully saturated rings. The fourth-order valence-corrected chi connectivity index (χ4v) is 6.41. The van der Waals surface area contributed by atoms with Crippen LogP contribution in [-0.4, -0.2) is 97.7 Å². The number of Topliss-reactive ketones (excluding diaryl/α,β-unsaturated/α-hetero) is 1. The maximum Gasteiger partial charge on any atom is 0.228 e. The molecule has 0 radical (unpaired) electrons. The smallest absolute Gasteiger partial charge is 0.228 e. The first kappa shape index (κ1) is 30.7. The molecule has 2 atom stereocenters. The summed E-state index contributed by atoms with van der Waals surface area (Å²) in [4.78, 5) is 29.0. The molecule has 13 heteroatoms. The zero-order chi connectivity index (χ0) is 30.9. The third-order valence-corrected chi connectivity index (χ3v) is 8.87. The van der Waals surface area contributed by atoms with Crippen LogP contribution in [0.2, 0.25) is 0 Å². The van der Waals surface area contributed by atoms with Crippen LogP contribution in [0.1, 0.15) is 12.5 Å². The molecule has 1 aliphatic heterocycles. The molecular formula is C30H34F2N6O4S. The zero-order valence-electron chi connectivity index (χ0n) is 24.4. The molecule has 0 saturated carbocycles. The van der Waals surface area contributed by atoms with Crippen molar-refractivity contribution >= 4 is 38.2 Å². The lowest BCUT2D eigenvalue weighted by Crippen LogP contribution is -2.58. The number of anilines is 2. The summed E-state index contributed by atoms with van der Waals surface area (Å²) in [7, 11) is -0.151. The highest BCUT2D eigenvalue weighted by atomic mass is 32.2. The second-order valence-corrected chi connectivity index (χ2v) is 12.9. The van der Waals surface area contributed by atoms with Crippen LogP contribution in [0, 0.1) is 11.6 Å². The van der Waals surface area contributed by atoms with Gasteiger partial charge in [-0.15, -0.1) is 0 Å². The van der Waals surface area contributed by atoms with Gasteiger partial charge in [0.25, 0.3) is 0 Å². The summed E-state index contributed by atoms with van der Waals surface area (Å²) in [6.45, 7) is 4.89. The molecule has 2 aromatic carbocycles. The topological polar surface area (TPSA) is 121 Å². The zero-order valence-corrected chi connectivity index (χ0v) is 25.2. The number of halogens is 2. The van der Waals surface area contributed by atoms with Gasteiger partial charge in [-0.25, -0.2) is 27.2 Å². The number of carbonyl (C=O) groups is 1. The van der Waals surface area contributed by atoms with Crippen molar-refractivity contribution in [2.75, 3.05) is 52.0 Å². The Hall–Kier alpha value is -3.78. The molecule has 228 valence electrons. The van der Waals surface area contributed by atoms with Crippen LogP contribution in [-0.2, 0) is 25.8 Å². The van der Waals surface area contributed by atoms with E-state index in [0.29, 0.717) is 16.5 Å². The summed E-state index contributed by atoms with van der Waals surface area (Å²) in [5.41, 5.74) is 1.65. The van der Waals surface area contributed by atoms with Crippen LogP contribution in [0.4, 0.5) is 20.4 Å². The van der Waals surface area contributed by atoms with Crippen molar-refractivity contribution < 1.29 is 26.7 Å². The van der Waals surface area contributed by atoms with Crippen molar-refractivity contribution in [1.82, 2.24) is 24.8 Å². The number of hydrogen-bond acceptors (Lipinski definition) is 9. The highest BCUT2D eigenvalue weighted by Gasteiger charge is 2.33. The number of nitrogens with one attached hydrogen (secondary N) is 2. The van der Waals surface area contributed by atoms with E-state index in [1.54, 1.807) is 25.4 Å². The molecule has 1 aliphatic rings. The summed E-state index contributed by atoms with van der Waals surface area (Å²) in [6, 6.07) is 9.14. The van der Waals surface area contributed by atoms with E-state index in [2.05, 4.69) is 44.0 Å². The lowest BCUT2D eigenvalue weighted by atomic mass is 9.98. The van der Waals surface area contributed by atoms with Gasteiger partial charge in [-0.3, -0.25) is 9.69 Å². The minimum absolute atomic E-state index is 0.0277. The number of carbonyl (C=O) groups excluding carboxylic acids is 1. The van der Waals surface area contributed by atoms with Gasteiger partial charge in [0, 0.05) is 68.1 Å². The van der Waals surface area contributed by atoms with Gasteiger partial charge in [-0.2, -0.15) is 0 Å². The van der Waals surface area contributed by atoms with Gasteiger partial charge in [-0.1, -0.05) is 24.3 Å². The molecule has 4 aromatic rings. The van der Waals surface area contributed by atoms with Crippen molar-refractivity contribution in [2.24, 2.45) is 0 Å². The monoisotopic (exact) mass is 612 g/mol. The van der Waals surface area contributed by atoms with Gasteiger partial charge in [0.2, 0.25) is 5.95 Å². The first-order valence-electron chi connectivity index (χ1n) is 13.8. The number of hydrogen-bond donors (Lipinski definition) is 2. The maximum absolute atomic E-state index is 15.1. The van der Waals surface area contributed by atoms with E-state index in [9.17, 15) is 17.6 Å². The normalized spacial score (nSPS) is 17.3. The molecule has 2 N–H and O–H groups in total. The number of benzene rings is 2. The first-order chi connectivity index (χ1) is 20.5. The van der Waals surface area contributed by atoms with E-state index in [-0.39, 0.29) is 42.2 Å². The van der Waals surface area contributed by atoms with E-state index in [0.717, 1.165) is 43.7 Å². The number of aromatic amines is 1. The minimum Gasteiger partial charge on any atom is -0.383 e.